The van der Waals surface area contributed by atoms with Crippen LogP contribution in [-0.2, 0) is 0 Å². The fraction of sp³-hybridized carbons (Fsp3) is 0.538. The second-order valence-electron chi connectivity index (χ2n) is 3.89. The van der Waals surface area contributed by atoms with E-state index in [9.17, 15) is 0 Å². The summed E-state index contributed by atoms with van der Waals surface area (Å²) in [4.78, 5) is 1.25. The van der Waals surface area contributed by atoms with E-state index in [-0.39, 0.29) is 6.61 Å². The van der Waals surface area contributed by atoms with Crippen molar-refractivity contribution in [1.29, 1.82) is 0 Å². The van der Waals surface area contributed by atoms with Crippen LogP contribution >= 0.6 is 27.7 Å². The summed E-state index contributed by atoms with van der Waals surface area (Å²) in [7, 11) is 0. The SMILES string of the molecule is CCNC(C)c1ccc(SCCCO)cc1Br. The Balaban J connectivity index is 2.65. The molecule has 0 aliphatic heterocycles. The van der Waals surface area contributed by atoms with Gasteiger partial charge < -0.3 is 10.4 Å². The summed E-state index contributed by atoms with van der Waals surface area (Å²) < 4.78 is 1.15. The van der Waals surface area contributed by atoms with Crippen molar-refractivity contribution in [1.82, 2.24) is 5.32 Å². The van der Waals surface area contributed by atoms with Crippen molar-refractivity contribution in [3.05, 3.63) is 28.2 Å². The van der Waals surface area contributed by atoms with Crippen molar-refractivity contribution in [3.63, 3.8) is 0 Å². The lowest BCUT2D eigenvalue weighted by molar-refractivity contribution is 0.296. The molecule has 0 saturated heterocycles. The lowest BCUT2D eigenvalue weighted by atomic mass is 10.1. The van der Waals surface area contributed by atoms with Crippen LogP contribution in [0.15, 0.2) is 27.6 Å². The van der Waals surface area contributed by atoms with Crippen molar-refractivity contribution in [2.75, 3.05) is 18.9 Å². The quantitative estimate of drug-likeness (QED) is 0.595. The van der Waals surface area contributed by atoms with Crippen LogP contribution in [0.3, 0.4) is 0 Å². The maximum Gasteiger partial charge on any atom is 0.0439 e. The molecular formula is C13H20BrNOS. The molecule has 0 spiro atoms. The fourth-order valence-electron chi connectivity index (χ4n) is 1.62. The number of halogens is 1. The molecule has 1 aromatic rings. The maximum absolute atomic E-state index is 8.74. The van der Waals surface area contributed by atoms with Crippen molar-refractivity contribution < 1.29 is 5.11 Å². The second-order valence-corrected chi connectivity index (χ2v) is 5.91. The average Bonchev–Trinajstić information content (AvgIpc) is 2.29. The highest BCUT2D eigenvalue weighted by molar-refractivity contribution is 9.10. The minimum atomic E-state index is 0.268. The molecule has 0 fully saturated rings. The Morgan fingerprint density at radius 2 is 2.24 bits per heavy atom. The molecule has 0 bridgehead atoms. The molecule has 96 valence electrons. The van der Waals surface area contributed by atoms with Gasteiger partial charge in [-0.25, -0.2) is 0 Å². The van der Waals surface area contributed by atoms with Gasteiger partial charge in [0.2, 0.25) is 0 Å². The number of nitrogens with one attached hydrogen (secondary N) is 1. The first-order valence-electron chi connectivity index (χ1n) is 5.95. The van der Waals surface area contributed by atoms with E-state index >= 15 is 0 Å². The highest BCUT2D eigenvalue weighted by Gasteiger charge is 2.08. The molecule has 1 unspecified atom stereocenters. The van der Waals surface area contributed by atoms with Gasteiger partial charge in [-0.2, -0.15) is 0 Å². The molecule has 0 aromatic heterocycles. The van der Waals surface area contributed by atoms with Gasteiger partial charge in [-0.15, -0.1) is 11.8 Å². The summed E-state index contributed by atoms with van der Waals surface area (Å²) in [6.07, 6.45) is 0.845. The first kappa shape index (κ1) is 15.0. The van der Waals surface area contributed by atoms with Gasteiger partial charge in [-0.05, 0) is 37.6 Å². The van der Waals surface area contributed by atoms with E-state index in [1.54, 1.807) is 11.8 Å². The summed E-state index contributed by atoms with van der Waals surface area (Å²) in [5, 5.41) is 12.1. The van der Waals surface area contributed by atoms with E-state index in [0.717, 1.165) is 23.2 Å². The van der Waals surface area contributed by atoms with Crippen LogP contribution in [-0.4, -0.2) is 24.0 Å². The van der Waals surface area contributed by atoms with Crippen molar-refractivity contribution >= 4 is 27.7 Å². The predicted molar refractivity (Wildman–Crippen MR) is 78.7 cm³/mol. The number of aliphatic hydroxyl groups excluding tert-OH is 1. The molecule has 1 aromatic carbocycles. The van der Waals surface area contributed by atoms with E-state index in [1.807, 2.05) is 0 Å². The molecule has 0 saturated carbocycles. The van der Waals surface area contributed by atoms with Gasteiger partial charge in [0.05, 0.1) is 0 Å². The van der Waals surface area contributed by atoms with Gasteiger partial charge in [0.1, 0.15) is 0 Å². The summed E-state index contributed by atoms with van der Waals surface area (Å²) in [5.41, 5.74) is 1.29. The fourth-order valence-corrected chi connectivity index (χ4v) is 3.37. The van der Waals surface area contributed by atoms with Crippen molar-refractivity contribution in [3.8, 4) is 0 Å². The normalized spacial score (nSPS) is 12.7. The second kappa shape index (κ2) is 8.14. The summed E-state index contributed by atoms with van der Waals surface area (Å²) in [6, 6.07) is 6.84. The van der Waals surface area contributed by atoms with Crippen molar-refractivity contribution in [2.24, 2.45) is 0 Å². The Kier molecular flexibility index (Phi) is 7.19. The third kappa shape index (κ3) is 5.00. The van der Waals surface area contributed by atoms with Crippen LogP contribution < -0.4 is 5.32 Å². The van der Waals surface area contributed by atoms with Gasteiger partial charge in [-0.3, -0.25) is 0 Å². The largest absolute Gasteiger partial charge is 0.396 e. The Hall–Kier alpha value is -0.0300. The lowest BCUT2D eigenvalue weighted by Gasteiger charge is -2.15. The van der Waals surface area contributed by atoms with Gasteiger partial charge in [0.15, 0.2) is 0 Å². The van der Waals surface area contributed by atoms with Crippen LogP contribution in [0.25, 0.3) is 0 Å². The van der Waals surface area contributed by atoms with E-state index in [0.29, 0.717) is 6.04 Å². The van der Waals surface area contributed by atoms with Gasteiger partial charge in [0, 0.05) is 27.8 Å². The number of hydrogen-bond acceptors (Lipinski definition) is 3. The van der Waals surface area contributed by atoms with E-state index in [1.165, 1.54) is 10.5 Å². The van der Waals surface area contributed by atoms with Gasteiger partial charge >= 0.3 is 0 Å². The molecule has 0 aliphatic carbocycles. The maximum atomic E-state index is 8.74. The lowest BCUT2D eigenvalue weighted by Crippen LogP contribution is -2.18. The highest BCUT2D eigenvalue weighted by Crippen LogP contribution is 2.29. The zero-order chi connectivity index (χ0) is 12.7. The molecule has 0 aliphatic rings. The summed E-state index contributed by atoms with van der Waals surface area (Å²) >= 11 is 5.41. The van der Waals surface area contributed by atoms with Crippen LogP contribution in [0.2, 0.25) is 0 Å². The Morgan fingerprint density at radius 3 is 2.82 bits per heavy atom. The molecule has 0 amide bonds. The average molecular weight is 318 g/mol. The smallest absolute Gasteiger partial charge is 0.0439 e. The van der Waals surface area contributed by atoms with E-state index in [4.69, 9.17) is 5.11 Å². The number of hydrogen-bond donors (Lipinski definition) is 2. The number of benzene rings is 1. The molecule has 1 rings (SSSR count). The topological polar surface area (TPSA) is 32.3 Å². The Morgan fingerprint density at radius 1 is 1.47 bits per heavy atom. The van der Waals surface area contributed by atoms with E-state index in [2.05, 4.69) is 53.3 Å². The van der Waals surface area contributed by atoms with E-state index < -0.39 is 0 Å². The minimum Gasteiger partial charge on any atom is -0.396 e. The molecule has 0 heterocycles. The zero-order valence-corrected chi connectivity index (χ0v) is 12.8. The van der Waals surface area contributed by atoms with Crippen LogP contribution in [0.4, 0.5) is 0 Å². The van der Waals surface area contributed by atoms with Crippen LogP contribution in [0.5, 0.6) is 0 Å². The molecule has 1 atom stereocenters. The molecular weight excluding hydrogens is 298 g/mol. The number of thioether (sulfide) groups is 1. The molecule has 2 N–H and O–H groups in total. The Labute approximate surface area is 116 Å². The van der Waals surface area contributed by atoms with Crippen molar-refractivity contribution in [2.45, 2.75) is 31.2 Å². The summed E-state index contributed by atoms with van der Waals surface area (Å²) in [6.45, 7) is 5.52. The molecule has 2 nitrogen and oxygen atoms in total. The first-order valence-corrected chi connectivity index (χ1v) is 7.73. The predicted octanol–water partition coefficient (Wildman–Crippen LogP) is 3.59. The zero-order valence-electron chi connectivity index (χ0n) is 10.4. The minimum absolute atomic E-state index is 0.268. The standard InChI is InChI=1S/C13H20BrNOS/c1-3-15-10(2)12-6-5-11(9-13(12)14)17-8-4-7-16/h5-6,9-10,15-16H,3-4,7-8H2,1-2H3. The highest BCUT2D eigenvalue weighted by atomic mass is 79.9. The number of aliphatic hydroxyl groups is 1. The van der Waals surface area contributed by atoms with Crippen LogP contribution in [0.1, 0.15) is 31.9 Å². The molecule has 4 heteroatoms. The third-order valence-electron chi connectivity index (χ3n) is 2.52. The molecule has 0 radical (unpaired) electrons. The van der Waals surface area contributed by atoms with Crippen LogP contribution in [0, 0.1) is 0 Å². The van der Waals surface area contributed by atoms with Gasteiger partial charge in [-0.1, -0.05) is 28.9 Å². The first-order chi connectivity index (χ1) is 8.19. The Bertz CT molecular complexity index is 346. The van der Waals surface area contributed by atoms with Gasteiger partial charge in [0.25, 0.3) is 0 Å². The number of rotatable bonds is 7. The molecule has 17 heavy (non-hydrogen) atoms. The monoisotopic (exact) mass is 317 g/mol. The summed E-state index contributed by atoms with van der Waals surface area (Å²) in [5.74, 6) is 0.963. The third-order valence-corrected chi connectivity index (χ3v) is 4.29.